The molecule has 0 spiro atoms. The number of anilines is 1. The van der Waals surface area contributed by atoms with E-state index >= 15 is 0 Å². The molecule has 0 unspecified atom stereocenters. The van der Waals surface area contributed by atoms with Gasteiger partial charge in [0, 0.05) is 11.6 Å². The molecule has 60 valence electrons. The van der Waals surface area contributed by atoms with E-state index < -0.39 is 10.7 Å². The lowest BCUT2D eigenvalue weighted by Crippen LogP contribution is -2.18. The Labute approximate surface area is 77.3 Å². The minimum absolute atomic E-state index is 0.455. The maximum absolute atomic E-state index is 10.8. The van der Waals surface area contributed by atoms with Gasteiger partial charge in [0.1, 0.15) is 0 Å². The molecule has 0 saturated heterocycles. The Morgan fingerprint density at radius 3 is 2.91 bits per heavy atom. The summed E-state index contributed by atoms with van der Waals surface area (Å²) in [5.41, 5.74) is 0. The fraction of sp³-hybridized carbons (Fsp3) is 0.200. The Kier molecular flexibility index (Phi) is 3.11. The van der Waals surface area contributed by atoms with Crippen LogP contribution in [0.4, 0.5) is 5.13 Å². The van der Waals surface area contributed by atoms with E-state index in [9.17, 15) is 4.79 Å². The molecular weight excluding hydrogens is 207 g/mol. The van der Waals surface area contributed by atoms with Gasteiger partial charge in [-0.05, 0) is 0 Å². The van der Waals surface area contributed by atoms with Crippen LogP contribution in [0.2, 0.25) is 0 Å². The SMILES string of the molecule is O=C(Nc1nccs1)C(Cl)Cl. The van der Waals surface area contributed by atoms with Crippen molar-refractivity contribution < 1.29 is 4.79 Å². The number of nitrogens with one attached hydrogen (secondary N) is 1. The van der Waals surface area contributed by atoms with Crippen LogP contribution in [-0.4, -0.2) is 15.7 Å². The van der Waals surface area contributed by atoms with Crippen molar-refractivity contribution in [1.82, 2.24) is 4.98 Å². The van der Waals surface area contributed by atoms with Gasteiger partial charge < -0.3 is 0 Å². The van der Waals surface area contributed by atoms with E-state index in [1.165, 1.54) is 11.3 Å². The minimum atomic E-state index is -1.04. The van der Waals surface area contributed by atoms with Crippen LogP contribution in [0.5, 0.6) is 0 Å². The predicted octanol–water partition coefficient (Wildman–Crippen LogP) is 1.89. The molecule has 0 atom stereocenters. The number of amides is 1. The van der Waals surface area contributed by atoms with Crippen molar-refractivity contribution in [3.8, 4) is 0 Å². The molecular formula is C5H4Cl2N2OS. The van der Waals surface area contributed by atoms with E-state index in [0.29, 0.717) is 5.13 Å². The number of carbonyl (C=O) groups excluding carboxylic acids is 1. The van der Waals surface area contributed by atoms with Gasteiger partial charge in [-0.3, -0.25) is 10.1 Å². The first-order valence-corrected chi connectivity index (χ1v) is 4.44. The standard InChI is InChI=1S/C5H4Cl2N2OS/c6-3(7)4(10)9-5-8-1-2-11-5/h1-3H,(H,8,9,10). The maximum Gasteiger partial charge on any atom is 0.259 e. The fourth-order valence-electron chi connectivity index (χ4n) is 0.445. The van der Waals surface area contributed by atoms with Gasteiger partial charge in [-0.1, -0.05) is 23.2 Å². The fourth-order valence-corrected chi connectivity index (χ4v) is 1.09. The molecule has 1 aromatic heterocycles. The van der Waals surface area contributed by atoms with Crippen molar-refractivity contribution >= 4 is 45.6 Å². The van der Waals surface area contributed by atoms with Gasteiger partial charge in [-0.2, -0.15) is 0 Å². The van der Waals surface area contributed by atoms with Crippen LogP contribution < -0.4 is 5.32 Å². The van der Waals surface area contributed by atoms with Gasteiger partial charge in [-0.15, -0.1) is 11.3 Å². The van der Waals surface area contributed by atoms with E-state index in [4.69, 9.17) is 23.2 Å². The van der Waals surface area contributed by atoms with E-state index in [1.807, 2.05) is 0 Å². The molecule has 1 heterocycles. The number of rotatable bonds is 2. The van der Waals surface area contributed by atoms with Crippen LogP contribution in [0.15, 0.2) is 11.6 Å². The molecule has 1 N–H and O–H groups in total. The normalized spacial score (nSPS) is 10.1. The Morgan fingerprint density at radius 2 is 2.45 bits per heavy atom. The molecule has 0 fully saturated rings. The quantitative estimate of drug-likeness (QED) is 0.759. The topological polar surface area (TPSA) is 42.0 Å². The Bertz CT molecular complexity index is 237. The molecule has 0 bridgehead atoms. The molecule has 0 radical (unpaired) electrons. The van der Waals surface area contributed by atoms with Crippen LogP contribution >= 0.6 is 34.5 Å². The van der Waals surface area contributed by atoms with Gasteiger partial charge in [-0.25, -0.2) is 4.98 Å². The number of halogens is 2. The highest BCUT2D eigenvalue weighted by atomic mass is 35.5. The van der Waals surface area contributed by atoms with Crippen molar-refractivity contribution in [2.24, 2.45) is 0 Å². The summed E-state index contributed by atoms with van der Waals surface area (Å²) in [5, 5.41) is 4.67. The van der Waals surface area contributed by atoms with Crippen molar-refractivity contribution in [2.45, 2.75) is 4.84 Å². The lowest BCUT2D eigenvalue weighted by molar-refractivity contribution is -0.114. The minimum Gasteiger partial charge on any atom is -0.300 e. The number of hydrogen-bond donors (Lipinski definition) is 1. The lowest BCUT2D eigenvalue weighted by atomic mass is 10.7. The molecule has 0 saturated carbocycles. The third-order valence-electron chi connectivity index (χ3n) is 0.861. The van der Waals surface area contributed by atoms with Gasteiger partial charge in [0.2, 0.25) is 0 Å². The molecule has 0 aliphatic rings. The maximum atomic E-state index is 10.8. The van der Waals surface area contributed by atoms with Crippen LogP contribution in [0.1, 0.15) is 0 Å². The van der Waals surface area contributed by atoms with Crippen molar-refractivity contribution in [2.75, 3.05) is 5.32 Å². The smallest absolute Gasteiger partial charge is 0.259 e. The molecule has 1 aromatic rings. The second kappa shape index (κ2) is 3.90. The predicted molar refractivity (Wildman–Crippen MR) is 46.2 cm³/mol. The summed E-state index contributed by atoms with van der Waals surface area (Å²) in [6, 6.07) is 0. The van der Waals surface area contributed by atoms with Crippen LogP contribution in [0.25, 0.3) is 0 Å². The van der Waals surface area contributed by atoms with E-state index in [-0.39, 0.29) is 0 Å². The van der Waals surface area contributed by atoms with Crippen molar-refractivity contribution in [3.05, 3.63) is 11.6 Å². The molecule has 0 aliphatic carbocycles. The summed E-state index contributed by atoms with van der Waals surface area (Å²) >= 11 is 11.9. The number of carbonyl (C=O) groups is 1. The highest BCUT2D eigenvalue weighted by Gasteiger charge is 2.11. The number of thiazole rings is 1. The zero-order valence-electron chi connectivity index (χ0n) is 5.25. The second-order valence-electron chi connectivity index (χ2n) is 1.63. The lowest BCUT2D eigenvalue weighted by Gasteiger charge is -1.99. The van der Waals surface area contributed by atoms with Gasteiger partial charge in [0.05, 0.1) is 0 Å². The van der Waals surface area contributed by atoms with Crippen LogP contribution in [0.3, 0.4) is 0 Å². The Balaban J connectivity index is 2.50. The van der Waals surface area contributed by atoms with E-state index in [2.05, 4.69) is 10.3 Å². The molecule has 6 heteroatoms. The first kappa shape index (κ1) is 8.77. The zero-order chi connectivity index (χ0) is 8.27. The van der Waals surface area contributed by atoms with Gasteiger partial charge >= 0.3 is 0 Å². The Hall–Kier alpha value is -0.320. The summed E-state index contributed by atoms with van der Waals surface area (Å²) in [4.78, 5) is 13.6. The second-order valence-corrected chi connectivity index (χ2v) is 3.62. The molecule has 0 aromatic carbocycles. The number of hydrogen-bond acceptors (Lipinski definition) is 3. The summed E-state index contributed by atoms with van der Waals surface area (Å²) in [6.07, 6.45) is 1.58. The van der Waals surface area contributed by atoms with Crippen molar-refractivity contribution in [1.29, 1.82) is 0 Å². The molecule has 11 heavy (non-hydrogen) atoms. The summed E-state index contributed by atoms with van der Waals surface area (Å²) in [7, 11) is 0. The van der Waals surface area contributed by atoms with Gasteiger partial charge in [0.15, 0.2) is 9.97 Å². The largest absolute Gasteiger partial charge is 0.300 e. The zero-order valence-corrected chi connectivity index (χ0v) is 7.58. The van der Waals surface area contributed by atoms with Crippen LogP contribution in [0, 0.1) is 0 Å². The number of nitrogens with zero attached hydrogens (tertiary/aromatic N) is 1. The number of alkyl halides is 2. The van der Waals surface area contributed by atoms with E-state index in [0.717, 1.165) is 0 Å². The first-order valence-electron chi connectivity index (χ1n) is 2.68. The first-order chi connectivity index (χ1) is 5.20. The van der Waals surface area contributed by atoms with Crippen molar-refractivity contribution in [3.63, 3.8) is 0 Å². The average molecular weight is 211 g/mol. The van der Waals surface area contributed by atoms with E-state index in [1.54, 1.807) is 11.6 Å². The molecule has 1 amide bonds. The third kappa shape index (κ3) is 2.65. The molecule has 0 aliphatic heterocycles. The highest BCUT2D eigenvalue weighted by molar-refractivity contribution is 7.13. The van der Waals surface area contributed by atoms with Crippen LogP contribution in [-0.2, 0) is 4.79 Å². The highest BCUT2D eigenvalue weighted by Crippen LogP contribution is 2.12. The summed E-state index contributed by atoms with van der Waals surface area (Å²) < 4.78 is 0. The Morgan fingerprint density at radius 1 is 1.73 bits per heavy atom. The summed E-state index contributed by atoms with van der Waals surface area (Å²) in [5.74, 6) is -0.455. The monoisotopic (exact) mass is 210 g/mol. The molecule has 3 nitrogen and oxygen atoms in total. The summed E-state index contributed by atoms with van der Waals surface area (Å²) in [6.45, 7) is 0. The molecule has 1 rings (SSSR count). The van der Waals surface area contributed by atoms with Gasteiger partial charge in [0.25, 0.3) is 5.91 Å². The third-order valence-corrected chi connectivity index (χ3v) is 1.95. The average Bonchev–Trinajstić information content (AvgIpc) is 2.39. The number of aromatic nitrogens is 1.